The predicted octanol–water partition coefficient (Wildman–Crippen LogP) is 7.44. The lowest BCUT2D eigenvalue weighted by Crippen LogP contribution is -2.24. The average Bonchev–Trinajstić information content (AvgIpc) is 2.84. The molecule has 0 atom stereocenters. The zero-order valence-corrected chi connectivity index (χ0v) is 23.2. The van der Waals surface area contributed by atoms with Crippen LogP contribution in [-0.2, 0) is 10.0 Å². The molecule has 3 aromatic rings. The van der Waals surface area contributed by atoms with Gasteiger partial charge in [0.2, 0.25) is 0 Å². The van der Waals surface area contributed by atoms with Crippen molar-refractivity contribution in [2.75, 3.05) is 0 Å². The summed E-state index contributed by atoms with van der Waals surface area (Å²) in [6.45, 7) is 12.3. The highest BCUT2D eigenvalue weighted by Gasteiger charge is 2.27. The SMILES string of the molecule is CC(C)c1cc(C(C)C)c(S(=O)(=O)N/N=C(\C#Cc2ccccc2)c2ccccc2Cl)c(C(C)C)c1. The third kappa shape index (κ3) is 6.57. The fourth-order valence-corrected chi connectivity index (χ4v) is 5.55. The van der Waals surface area contributed by atoms with E-state index in [4.69, 9.17) is 11.6 Å². The van der Waals surface area contributed by atoms with Gasteiger partial charge in [0.1, 0.15) is 5.71 Å². The Labute approximate surface area is 220 Å². The molecule has 0 fully saturated rings. The molecular formula is C30H33ClN2O2S. The summed E-state index contributed by atoms with van der Waals surface area (Å²) in [6.07, 6.45) is 0. The van der Waals surface area contributed by atoms with E-state index in [0.29, 0.717) is 10.6 Å². The van der Waals surface area contributed by atoms with Crippen molar-refractivity contribution in [2.24, 2.45) is 5.10 Å². The molecule has 0 aliphatic carbocycles. The minimum atomic E-state index is -4.00. The normalized spacial score (nSPS) is 12.1. The van der Waals surface area contributed by atoms with Gasteiger partial charge in [-0.05, 0) is 58.6 Å². The summed E-state index contributed by atoms with van der Waals surface area (Å²) in [5, 5.41) is 4.73. The molecule has 0 aliphatic heterocycles. The molecule has 3 aromatic carbocycles. The highest BCUT2D eigenvalue weighted by molar-refractivity contribution is 7.89. The molecule has 4 nitrogen and oxygen atoms in total. The van der Waals surface area contributed by atoms with Crippen molar-refractivity contribution >= 4 is 27.3 Å². The Morgan fingerprint density at radius 2 is 1.39 bits per heavy atom. The van der Waals surface area contributed by atoms with Crippen LogP contribution in [0.25, 0.3) is 0 Å². The summed E-state index contributed by atoms with van der Waals surface area (Å²) >= 11 is 6.42. The molecule has 36 heavy (non-hydrogen) atoms. The van der Waals surface area contributed by atoms with Gasteiger partial charge in [-0.15, -0.1) is 0 Å². The van der Waals surface area contributed by atoms with Crippen molar-refractivity contribution in [3.05, 3.63) is 99.6 Å². The quantitative estimate of drug-likeness (QED) is 0.200. The van der Waals surface area contributed by atoms with Crippen LogP contribution in [0.2, 0.25) is 5.02 Å². The van der Waals surface area contributed by atoms with Gasteiger partial charge in [0.15, 0.2) is 0 Å². The average molecular weight is 521 g/mol. The van der Waals surface area contributed by atoms with E-state index < -0.39 is 10.0 Å². The van der Waals surface area contributed by atoms with Crippen molar-refractivity contribution in [1.82, 2.24) is 4.83 Å². The number of rotatable bonds is 7. The number of hydrazone groups is 1. The summed E-state index contributed by atoms with van der Waals surface area (Å²) in [5.74, 6) is 6.36. The summed E-state index contributed by atoms with van der Waals surface area (Å²) in [4.78, 5) is 2.76. The Morgan fingerprint density at radius 3 is 1.92 bits per heavy atom. The van der Waals surface area contributed by atoms with E-state index in [1.807, 2.05) is 76.2 Å². The van der Waals surface area contributed by atoms with Gasteiger partial charge in [-0.3, -0.25) is 0 Å². The summed E-state index contributed by atoms with van der Waals surface area (Å²) < 4.78 is 27.5. The standard InChI is InChI=1S/C30H33ClN2O2S/c1-20(2)24-18-26(21(3)4)30(27(19-24)22(5)6)36(34,35)33-32-29(25-14-10-11-15-28(25)31)17-16-23-12-8-7-9-13-23/h7-15,18-22,33H,1-6H3/b32-29+. The summed E-state index contributed by atoms with van der Waals surface area (Å²) in [7, 11) is -4.00. The number of nitrogens with zero attached hydrogens (tertiary/aromatic N) is 1. The number of halogens is 1. The van der Waals surface area contributed by atoms with Crippen LogP contribution in [-0.4, -0.2) is 14.1 Å². The van der Waals surface area contributed by atoms with Crippen molar-refractivity contribution in [2.45, 2.75) is 64.2 Å². The van der Waals surface area contributed by atoms with Crippen LogP contribution in [0.1, 0.15) is 87.1 Å². The molecule has 188 valence electrons. The molecule has 1 N–H and O–H groups in total. The Bertz CT molecular complexity index is 1390. The molecule has 0 spiro atoms. The molecule has 0 amide bonds. The molecule has 3 rings (SSSR count). The van der Waals surface area contributed by atoms with Gasteiger partial charge >= 0.3 is 0 Å². The Balaban J connectivity index is 2.15. The monoisotopic (exact) mass is 520 g/mol. The van der Waals surface area contributed by atoms with Gasteiger partial charge in [-0.1, -0.05) is 108 Å². The second-order valence-corrected chi connectivity index (χ2v) is 11.6. The van der Waals surface area contributed by atoms with E-state index in [2.05, 4.69) is 35.6 Å². The number of benzene rings is 3. The topological polar surface area (TPSA) is 58.5 Å². The number of hydrogen-bond acceptors (Lipinski definition) is 3. The van der Waals surface area contributed by atoms with Crippen molar-refractivity contribution in [3.8, 4) is 11.8 Å². The Hall–Kier alpha value is -3.07. The first-order valence-electron chi connectivity index (χ1n) is 12.1. The lowest BCUT2D eigenvalue weighted by Gasteiger charge is -2.22. The highest BCUT2D eigenvalue weighted by Crippen LogP contribution is 2.35. The van der Waals surface area contributed by atoms with Gasteiger partial charge < -0.3 is 0 Å². The van der Waals surface area contributed by atoms with Crippen molar-refractivity contribution in [3.63, 3.8) is 0 Å². The van der Waals surface area contributed by atoms with Crippen LogP contribution in [0.3, 0.4) is 0 Å². The fourth-order valence-electron chi connectivity index (χ4n) is 3.81. The molecular weight excluding hydrogens is 488 g/mol. The van der Waals surface area contributed by atoms with Gasteiger partial charge in [-0.25, -0.2) is 0 Å². The molecule has 0 unspecified atom stereocenters. The minimum absolute atomic E-state index is 0.0117. The molecule has 0 aliphatic rings. The second-order valence-electron chi connectivity index (χ2n) is 9.64. The van der Waals surface area contributed by atoms with Gasteiger partial charge in [-0.2, -0.15) is 18.4 Å². The second kappa shape index (κ2) is 11.8. The van der Waals surface area contributed by atoms with Crippen molar-refractivity contribution < 1.29 is 8.42 Å². The van der Waals surface area contributed by atoms with Gasteiger partial charge in [0, 0.05) is 11.1 Å². The third-order valence-electron chi connectivity index (χ3n) is 5.85. The first-order chi connectivity index (χ1) is 17.0. The molecule has 6 heteroatoms. The predicted molar refractivity (Wildman–Crippen MR) is 150 cm³/mol. The zero-order chi connectivity index (χ0) is 26.5. The summed E-state index contributed by atoms with van der Waals surface area (Å²) in [6, 6.07) is 20.6. The van der Waals surface area contributed by atoms with E-state index in [0.717, 1.165) is 22.3 Å². The maximum Gasteiger partial charge on any atom is 0.277 e. The molecule has 0 saturated carbocycles. The van der Waals surface area contributed by atoms with Crippen LogP contribution >= 0.6 is 11.6 Å². The molecule has 0 radical (unpaired) electrons. The maximum atomic E-state index is 13.8. The first-order valence-corrected chi connectivity index (χ1v) is 14.0. The zero-order valence-electron chi connectivity index (χ0n) is 21.6. The number of hydrogen-bond donors (Lipinski definition) is 1. The van der Waals surface area contributed by atoms with Gasteiger partial charge in [0.05, 0.1) is 9.92 Å². The molecule has 0 aromatic heterocycles. The molecule has 0 heterocycles. The number of sulfonamides is 1. The minimum Gasteiger partial charge on any atom is -0.200 e. The van der Waals surface area contributed by atoms with Crippen LogP contribution < -0.4 is 4.83 Å². The maximum absolute atomic E-state index is 13.8. The lowest BCUT2D eigenvalue weighted by molar-refractivity contribution is 0.579. The van der Waals surface area contributed by atoms with E-state index in [9.17, 15) is 8.42 Å². The smallest absolute Gasteiger partial charge is 0.200 e. The first kappa shape index (κ1) is 27.5. The van der Waals surface area contributed by atoms with Gasteiger partial charge in [0.25, 0.3) is 10.0 Å². The highest BCUT2D eigenvalue weighted by atomic mass is 35.5. The largest absolute Gasteiger partial charge is 0.277 e. The van der Waals surface area contributed by atoms with Crippen molar-refractivity contribution in [1.29, 1.82) is 0 Å². The Morgan fingerprint density at radius 1 is 0.833 bits per heavy atom. The van der Waals surface area contributed by atoms with E-state index in [1.54, 1.807) is 18.2 Å². The Kier molecular flexibility index (Phi) is 9.00. The van der Waals surface area contributed by atoms with E-state index in [1.165, 1.54) is 0 Å². The van der Waals surface area contributed by atoms with Crippen LogP contribution in [0.5, 0.6) is 0 Å². The molecule has 0 bridgehead atoms. The van der Waals surface area contributed by atoms with Crippen LogP contribution in [0.15, 0.2) is 76.7 Å². The van der Waals surface area contributed by atoms with Crippen LogP contribution in [0, 0.1) is 11.8 Å². The lowest BCUT2D eigenvalue weighted by atomic mass is 9.89. The fraction of sp³-hybridized carbons (Fsp3) is 0.300. The van der Waals surface area contributed by atoms with Crippen LogP contribution in [0.4, 0.5) is 0 Å². The summed E-state index contributed by atoms with van der Waals surface area (Å²) in [5.41, 5.74) is 4.26. The third-order valence-corrected chi connectivity index (χ3v) is 7.52. The number of nitrogens with one attached hydrogen (secondary N) is 1. The van der Waals surface area contributed by atoms with E-state index >= 15 is 0 Å². The van der Waals surface area contributed by atoms with E-state index in [-0.39, 0.29) is 28.4 Å². The molecule has 0 saturated heterocycles.